The summed E-state index contributed by atoms with van der Waals surface area (Å²) in [5, 5.41) is 0. The van der Waals surface area contributed by atoms with E-state index in [4.69, 9.17) is 0 Å². The van der Waals surface area contributed by atoms with Gasteiger partial charge in [-0.15, -0.1) is 0 Å². The van der Waals surface area contributed by atoms with Crippen LogP contribution in [0.25, 0.3) is 0 Å². The fraction of sp³-hybridized carbons (Fsp3) is 0.667. The van der Waals surface area contributed by atoms with E-state index >= 15 is 0 Å². The summed E-state index contributed by atoms with van der Waals surface area (Å²) in [7, 11) is 0. The van der Waals surface area contributed by atoms with Crippen LogP contribution in [0.5, 0.6) is 0 Å². The van der Waals surface area contributed by atoms with Gasteiger partial charge in [-0.3, -0.25) is 4.98 Å². The van der Waals surface area contributed by atoms with Crippen LogP contribution in [0.3, 0.4) is 0 Å². The van der Waals surface area contributed by atoms with Crippen molar-refractivity contribution < 1.29 is 0 Å². The van der Waals surface area contributed by atoms with E-state index in [9.17, 15) is 0 Å². The average molecular weight is 231 g/mol. The second kappa shape index (κ2) is 7.52. The summed E-state index contributed by atoms with van der Waals surface area (Å²) in [4.78, 5) is 4.46. The zero-order valence-electron chi connectivity index (χ0n) is 11.9. The van der Waals surface area contributed by atoms with Crippen molar-refractivity contribution in [3.8, 4) is 0 Å². The molecule has 0 aromatic carbocycles. The molecule has 0 spiro atoms. The Morgan fingerprint density at radius 1 is 1.06 bits per heavy atom. The van der Waals surface area contributed by atoms with Crippen molar-refractivity contribution in [1.82, 2.24) is 4.98 Å². The lowest BCUT2D eigenvalue weighted by atomic mass is 9.39. The van der Waals surface area contributed by atoms with Crippen molar-refractivity contribution in [2.75, 3.05) is 0 Å². The molecule has 1 heterocycles. The summed E-state index contributed by atoms with van der Waals surface area (Å²) in [5.41, 5.74) is 4.33. The van der Waals surface area contributed by atoms with E-state index in [2.05, 4.69) is 38.7 Å². The molecule has 0 N–H and O–H groups in total. The zero-order chi connectivity index (χ0) is 12.7. The van der Waals surface area contributed by atoms with E-state index < -0.39 is 0 Å². The number of aromatic nitrogens is 1. The molecule has 0 fully saturated rings. The lowest BCUT2D eigenvalue weighted by molar-refractivity contribution is 0.902. The highest BCUT2D eigenvalue weighted by molar-refractivity contribution is 6.73. The standard InChI is InChI=1S/C15H26BN/c1-5-8-14-13(4)17-12-9-15(14)16(10-6-2)11-7-3/h9,12H,5-8,10-11H2,1-4H3. The van der Waals surface area contributed by atoms with Crippen LogP contribution in [-0.2, 0) is 6.42 Å². The van der Waals surface area contributed by atoms with Gasteiger partial charge >= 0.3 is 0 Å². The Morgan fingerprint density at radius 3 is 2.24 bits per heavy atom. The highest BCUT2D eigenvalue weighted by atomic mass is 14.7. The van der Waals surface area contributed by atoms with Crippen LogP contribution < -0.4 is 5.46 Å². The maximum atomic E-state index is 4.46. The van der Waals surface area contributed by atoms with Crippen LogP contribution in [0.15, 0.2) is 12.3 Å². The first-order chi connectivity index (χ1) is 8.24. The number of pyridine rings is 1. The largest absolute Gasteiger partial charge is 0.261 e. The molecule has 0 aliphatic carbocycles. The molecule has 0 unspecified atom stereocenters. The molecule has 0 bridgehead atoms. The molecule has 0 radical (unpaired) electrons. The first-order valence-corrected chi connectivity index (χ1v) is 7.18. The molecule has 0 amide bonds. The van der Waals surface area contributed by atoms with Crippen molar-refractivity contribution in [2.24, 2.45) is 0 Å². The molecule has 0 aliphatic heterocycles. The quantitative estimate of drug-likeness (QED) is 0.649. The van der Waals surface area contributed by atoms with Gasteiger partial charge in [-0.05, 0) is 25.0 Å². The van der Waals surface area contributed by atoms with Crippen molar-refractivity contribution in [3.63, 3.8) is 0 Å². The van der Waals surface area contributed by atoms with E-state index in [1.807, 2.05) is 6.20 Å². The van der Waals surface area contributed by atoms with Crippen LogP contribution in [0, 0.1) is 6.92 Å². The van der Waals surface area contributed by atoms with Crippen molar-refractivity contribution >= 4 is 12.2 Å². The third kappa shape index (κ3) is 3.87. The highest BCUT2D eigenvalue weighted by Crippen LogP contribution is 2.12. The number of aryl methyl sites for hydroxylation is 1. The second-order valence-corrected chi connectivity index (χ2v) is 4.99. The first-order valence-electron chi connectivity index (χ1n) is 7.18. The molecule has 94 valence electrons. The van der Waals surface area contributed by atoms with E-state index in [1.165, 1.54) is 49.6 Å². The monoisotopic (exact) mass is 231 g/mol. The predicted octanol–water partition coefficient (Wildman–Crippen LogP) is 3.86. The lowest BCUT2D eigenvalue weighted by Crippen LogP contribution is -2.33. The van der Waals surface area contributed by atoms with Gasteiger partial charge in [0.1, 0.15) is 0 Å². The molecule has 1 nitrogen and oxygen atoms in total. The minimum atomic E-state index is 0.744. The fourth-order valence-electron chi connectivity index (χ4n) is 2.73. The first kappa shape index (κ1) is 14.3. The minimum Gasteiger partial charge on any atom is -0.261 e. The van der Waals surface area contributed by atoms with Crippen molar-refractivity contribution in [2.45, 2.75) is 66.0 Å². The fourth-order valence-corrected chi connectivity index (χ4v) is 2.73. The van der Waals surface area contributed by atoms with Crippen molar-refractivity contribution in [1.29, 1.82) is 0 Å². The second-order valence-electron chi connectivity index (χ2n) is 4.99. The Morgan fingerprint density at radius 2 is 1.71 bits per heavy atom. The summed E-state index contributed by atoms with van der Waals surface area (Å²) in [6, 6.07) is 2.26. The van der Waals surface area contributed by atoms with Gasteiger partial charge in [-0.2, -0.15) is 0 Å². The Kier molecular flexibility index (Phi) is 6.32. The molecule has 1 aromatic rings. The summed E-state index contributed by atoms with van der Waals surface area (Å²) in [6.45, 7) is 9.73. The van der Waals surface area contributed by atoms with E-state index in [-0.39, 0.29) is 0 Å². The zero-order valence-corrected chi connectivity index (χ0v) is 11.9. The van der Waals surface area contributed by atoms with Gasteiger partial charge in [0, 0.05) is 11.9 Å². The lowest BCUT2D eigenvalue weighted by Gasteiger charge is -2.18. The van der Waals surface area contributed by atoms with Gasteiger partial charge in [-0.1, -0.05) is 58.1 Å². The average Bonchev–Trinajstić information content (AvgIpc) is 2.32. The molecule has 0 atom stereocenters. The smallest absolute Gasteiger partial charge is 0.176 e. The van der Waals surface area contributed by atoms with Crippen LogP contribution in [0.4, 0.5) is 0 Å². The van der Waals surface area contributed by atoms with Gasteiger partial charge in [0.2, 0.25) is 0 Å². The Hall–Kier alpha value is -0.785. The van der Waals surface area contributed by atoms with Crippen LogP contribution in [0.2, 0.25) is 12.6 Å². The highest BCUT2D eigenvalue weighted by Gasteiger charge is 2.18. The van der Waals surface area contributed by atoms with Gasteiger partial charge < -0.3 is 0 Å². The van der Waals surface area contributed by atoms with Gasteiger partial charge in [-0.25, -0.2) is 0 Å². The third-order valence-electron chi connectivity index (χ3n) is 3.52. The van der Waals surface area contributed by atoms with Gasteiger partial charge in [0.05, 0.1) is 0 Å². The summed E-state index contributed by atoms with van der Waals surface area (Å²) < 4.78 is 0. The molecule has 0 saturated carbocycles. The molecule has 1 aromatic heterocycles. The molecule has 17 heavy (non-hydrogen) atoms. The van der Waals surface area contributed by atoms with Gasteiger partial charge in [0.25, 0.3) is 0 Å². The number of hydrogen-bond donors (Lipinski definition) is 0. The number of rotatable bonds is 7. The maximum absolute atomic E-state index is 4.46. The molecular formula is C15H26BN. The van der Waals surface area contributed by atoms with E-state index in [1.54, 1.807) is 5.46 Å². The molecule has 1 rings (SSSR count). The summed E-state index contributed by atoms with van der Waals surface area (Å²) in [6.07, 6.45) is 9.56. The van der Waals surface area contributed by atoms with Crippen LogP contribution in [-0.4, -0.2) is 11.7 Å². The minimum absolute atomic E-state index is 0.744. The Labute approximate surface area is 107 Å². The molecule has 2 heteroatoms. The Bertz CT molecular complexity index is 330. The molecular weight excluding hydrogens is 205 g/mol. The van der Waals surface area contributed by atoms with Gasteiger partial charge in [0.15, 0.2) is 6.71 Å². The maximum Gasteiger partial charge on any atom is 0.176 e. The third-order valence-corrected chi connectivity index (χ3v) is 3.52. The SMILES string of the molecule is CCCB(CCC)c1ccnc(C)c1CCC. The van der Waals surface area contributed by atoms with Crippen molar-refractivity contribution in [3.05, 3.63) is 23.5 Å². The van der Waals surface area contributed by atoms with Crippen LogP contribution in [0.1, 0.15) is 51.3 Å². The summed E-state index contributed by atoms with van der Waals surface area (Å²) in [5.74, 6) is 0. The van der Waals surface area contributed by atoms with Crippen LogP contribution >= 0.6 is 0 Å². The predicted molar refractivity (Wildman–Crippen MR) is 78.6 cm³/mol. The number of hydrogen-bond acceptors (Lipinski definition) is 1. The normalized spacial score (nSPS) is 10.6. The van der Waals surface area contributed by atoms with E-state index in [0.717, 1.165) is 6.71 Å². The van der Waals surface area contributed by atoms with E-state index in [0.29, 0.717) is 0 Å². The summed E-state index contributed by atoms with van der Waals surface area (Å²) >= 11 is 0. The molecule has 0 saturated heterocycles. The Balaban J connectivity index is 3.03. The topological polar surface area (TPSA) is 12.9 Å². The number of nitrogens with zero attached hydrogens (tertiary/aromatic N) is 1. The molecule has 0 aliphatic rings.